The molecule has 0 radical (unpaired) electrons. The van der Waals surface area contributed by atoms with Crippen molar-refractivity contribution in [3.05, 3.63) is 35.6 Å². The van der Waals surface area contributed by atoms with Crippen molar-refractivity contribution in [1.29, 1.82) is 0 Å². The number of methoxy groups -OCH3 is 1. The summed E-state index contributed by atoms with van der Waals surface area (Å²) in [7, 11) is 1.33. The molecule has 1 amide bonds. The van der Waals surface area contributed by atoms with Crippen molar-refractivity contribution < 1.29 is 32.0 Å². The number of benzene rings is 1. The maximum Gasteiger partial charge on any atom is 0.422 e. The van der Waals surface area contributed by atoms with E-state index in [0.717, 1.165) is 5.56 Å². The number of halogens is 3. The minimum atomic E-state index is -4.43. The van der Waals surface area contributed by atoms with E-state index in [9.17, 15) is 18.0 Å². The number of hydrogen-bond donors (Lipinski definition) is 1. The first-order valence-electron chi connectivity index (χ1n) is 7.36. The molecule has 2 rings (SSSR count). The van der Waals surface area contributed by atoms with Gasteiger partial charge in [-0.2, -0.15) is 13.2 Å². The van der Waals surface area contributed by atoms with Gasteiger partial charge in [0.15, 0.2) is 23.9 Å². The van der Waals surface area contributed by atoms with Crippen LogP contribution in [0.5, 0.6) is 11.5 Å². The van der Waals surface area contributed by atoms with Gasteiger partial charge < -0.3 is 19.3 Å². The van der Waals surface area contributed by atoms with Crippen LogP contribution in [-0.2, 0) is 11.2 Å². The summed E-state index contributed by atoms with van der Waals surface area (Å²) >= 11 is 0. The van der Waals surface area contributed by atoms with E-state index in [2.05, 4.69) is 10.5 Å². The van der Waals surface area contributed by atoms with Crippen LogP contribution in [0.3, 0.4) is 0 Å². The highest BCUT2D eigenvalue weighted by molar-refractivity contribution is 5.89. The first kappa shape index (κ1) is 18.6. The van der Waals surface area contributed by atoms with Gasteiger partial charge in [-0.25, -0.2) is 0 Å². The lowest BCUT2D eigenvalue weighted by Crippen LogP contribution is -2.19. The number of nitrogens with zero attached hydrogens (tertiary/aromatic N) is 1. The number of amides is 1. The van der Waals surface area contributed by atoms with Crippen LogP contribution in [0.4, 0.5) is 19.0 Å². The van der Waals surface area contributed by atoms with E-state index in [1.165, 1.54) is 13.2 Å². The fourth-order valence-corrected chi connectivity index (χ4v) is 2.03. The van der Waals surface area contributed by atoms with Crippen LogP contribution < -0.4 is 14.8 Å². The van der Waals surface area contributed by atoms with E-state index < -0.39 is 12.8 Å². The highest BCUT2D eigenvalue weighted by atomic mass is 19.4. The largest absolute Gasteiger partial charge is 0.493 e. The molecule has 1 N–H and O–H groups in total. The number of alkyl halides is 3. The second-order valence-electron chi connectivity index (χ2n) is 5.26. The number of anilines is 1. The fourth-order valence-electron chi connectivity index (χ4n) is 2.03. The fraction of sp³-hybridized carbons (Fsp3) is 0.375. The lowest BCUT2D eigenvalue weighted by molar-refractivity contribution is -0.153. The zero-order valence-electron chi connectivity index (χ0n) is 13.6. The second kappa shape index (κ2) is 7.91. The molecule has 136 valence electrons. The zero-order chi connectivity index (χ0) is 18.4. The Morgan fingerprint density at radius 1 is 1.28 bits per heavy atom. The Bertz CT molecular complexity index is 728. The number of aromatic nitrogens is 1. The molecule has 0 fully saturated rings. The van der Waals surface area contributed by atoms with Gasteiger partial charge in [0.25, 0.3) is 0 Å². The molecule has 0 unspecified atom stereocenters. The molecule has 1 aromatic carbocycles. The summed E-state index contributed by atoms with van der Waals surface area (Å²) in [6, 6.07) is 6.10. The van der Waals surface area contributed by atoms with E-state index in [1.54, 1.807) is 25.1 Å². The quantitative estimate of drug-likeness (QED) is 0.820. The van der Waals surface area contributed by atoms with Crippen LogP contribution >= 0.6 is 0 Å². The number of hydrogen-bond acceptors (Lipinski definition) is 5. The molecule has 25 heavy (non-hydrogen) atoms. The second-order valence-corrected chi connectivity index (χ2v) is 5.26. The van der Waals surface area contributed by atoms with Crippen LogP contribution in [-0.4, -0.2) is 31.0 Å². The normalized spacial score (nSPS) is 11.2. The number of rotatable bonds is 7. The van der Waals surface area contributed by atoms with Gasteiger partial charge in [0, 0.05) is 12.5 Å². The summed E-state index contributed by atoms with van der Waals surface area (Å²) in [5.74, 6) is 0.815. The molecule has 0 bridgehead atoms. The Kier molecular flexibility index (Phi) is 5.89. The van der Waals surface area contributed by atoms with E-state index in [4.69, 9.17) is 14.0 Å². The molecule has 2 aromatic rings. The summed E-state index contributed by atoms with van der Waals surface area (Å²) < 4.78 is 51.3. The summed E-state index contributed by atoms with van der Waals surface area (Å²) in [5.41, 5.74) is 0.725. The van der Waals surface area contributed by atoms with Crippen molar-refractivity contribution in [2.45, 2.75) is 25.9 Å². The molecular formula is C16H17F3N2O4. The summed E-state index contributed by atoms with van der Waals surface area (Å²) in [6.07, 6.45) is -3.89. The van der Waals surface area contributed by atoms with E-state index in [1.807, 2.05) is 0 Å². The summed E-state index contributed by atoms with van der Waals surface area (Å²) in [5, 5.41) is 6.24. The van der Waals surface area contributed by atoms with Crippen LogP contribution in [0.25, 0.3) is 0 Å². The molecular weight excluding hydrogens is 341 g/mol. The number of ether oxygens (including phenoxy) is 2. The van der Waals surface area contributed by atoms with Gasteiger partial charge in [-0.3, -0.25) is 4.79 Å². The minimum absolute atomic E-state index is 0.00824. The first-order valence-corrected chi connectivity index (χ1v) is 7.36. The number of aryl methyl sites for hydroxylation is 2. The maximum atomic E-state index is 12.2. The third-order valence-corrected chi connectivity index (χ3v) is 3.16. The predicted molar refractivity (Wildman–Crippen MR) is 82.7 cm³/mol. The van der Waals surface area contributed by atoms with Gasteiger partial charge >= 0.3 is 6.18 Å². The average Bonchev–Trinajstić information content (AvgIpc) is 2.95. The van der Waals surface area contributed by atoms with Gasteiger partial charge in [-0.1, -0.05) is 11.2 Å². The maximum absolute atomic E-state index is 12.2. The molecule has 6 nitrogen and oxygen atoms in total. The third kappa shape index (κ3) is 6.02. The monoisotopic (exact) mass is 358 g/mol. The van der Waals surface area contributed by atoms with E-state index in [0.29, 0.717) is 18.0 Å². The van der Waals surface area contributed by atoms with Crippen molar-refractivity contribution >= 4 is 11.7 Å². The van der Waals surface area contributed by atoms with Crippen LogP contribution in [0.2, 0.25) is 0 Å². The summed E-state index contributed by atoms with van der Waals surface area (Å²) in [6.45, 7) is 0.305. The lowest BCUT2D eigenvalue weighted by atomic mass is 10.1. The van der Waals surface area contributed by atoms with Crippen molar-refractivity contribution in [2.24, 2.45) is 0 Å². The minimum Gasteiger partial charge on any atom is -0.493 e. The Balaban J connectivity index is 1.92. The molecule has 0 spiro atoms. The molecule has 1 aromatic heterocycles. The van der Waals surface area contributed by atoms with E-state index >= 15 is 0 Å². The highest BCUT2D eigenvalue weighted by Crippen LogP contribution is 2.30. The number of carbonyl (C=O) groups excluding carboxylic acids is 1. The lowest BCUT2D eigenvalue weighted by Gasteiger charge is -2.13. The molecule has 0 aliphatic rings. The number of nitrogens with one attached hydrogen (secondary N) is 1. The SMILES string of the molecule is COc1cc(CCC(=O)Nc2cc(C)on2)ccc1OCC(F)(F)F. The Morgan fingerprint density at radius 3 is 2.64 bits per heavy atom. The third-order valence-electron chi connectivity index (χ3n) is 3.16. The van der Waals surface area contributed by atoms with Crippen LogP contribution in [0.1, 0.15) is 17.7 Å². The van der Waals surface area contributed by atoms with Crippen molar-refractivity contribution in [3.8, 4) is 11.5 Å². The van der Waals surface area contributed by atoms with Crippen LogP contribution in [0.15, 0.2) is 28.8 Å². The molecule has 0 saturated heterocycles. The molecule has 0 saturated carbocycles. The molecule has 1 heterocycles. The average molecular weight is 358 g/mol. The van der Waals surface area contributed by atoms with Crippen molar-refractivity contribution in [3.63, 3.8) is 0 Å². The van der Waals surface area contributed by atoms with Crippen molar-refractivity contribution in [1.82, 2.24) is 5.16 Å². The van der Waals surface area contributed by atoms with Gasteiger partial charge in [-0.05, 0) is 31.0 Å². The molecule has 0 atom stereocenters. The topological polar surface area (TPSA) is 73.6 Å². The molecule has 0 aliphatic heterocycles. The Morgan fingerprint density at radius 2 is 2.04 bits per heavy atom. The van der Waals surface area contributed by atoms with E-state index in [-0.39, 0.29) is 23.8 Å². The van der Waals surface area contributed by atoms with Gasteiger partial charge in [0.05, 0.1) is 7.11 Å². The first-order chi connectivity index (χ1) is 11.8. The van der Waals surface area contributed by atoms with Crippen molar-refractivity contribution in [2.75, 3.05) is 19.0 Å². The number of carbonyl (C=O) groups is 1. The van der Waals surface area contributed by atoms with Gasteiger partial charge in [-0.15, -0.1) is 0 Å². The molecule has 0 aliphatic carbocycles. The summed E-state index contributed by atoms with van der Waals surface area (Å²) in [4.78, 5) is 11.9. The highest BCUT2D eigenvalue weighted by Gasteiger charge is 2.29. The Labute approximate surface area is 141 Å². The standard InChI is InChI=1S/C16H17F3N2O4/c1-10-7-14(21-25-10)20-15(22)6-4-11-3-5-12(13(8-11)23-2)24-9-16(17,18)19/h3,5,7-8H,4,6,9H2,1-2H3,(H,20,21,22). The zero-order valence-corrected chi connectivity index (χ0v) is 13.6. The predicted octanol–water partition coefficient (Wildman–Crippen LogP) is 3.50. The van der Waals surface area contributed by atoms with Gasteiger partial charge in [0.1, 0.15) is 5.76 Å². The smallest absolute Gasteiger partial charge is 0.422 e. The molecule has 9 heteroatoms. The van der Waals surface area contributed by atoms with Gasteiger partial charge in [0.2, 0.25) is 5.91 Å². The Hall–Kier alpha value is -2.71. The van der Waals surface area contributed by atoms with Crippen LogP contribution in [0, 0.1) is 6.92 Å².